The third-order valence-electron chi connectivity index (χ3n) is 6.03. The SMILES string of the molecule is CCS(=O)(=O)c1ccc(Oc2cc3nc(-c4ccccn4)[nH]c3cc2CN2CCN(C)C2=O)cc1. The lowest BCUT2D eigenvalue weighted by Gasteiger charge is -2.18. The van der Waals surface area contributed by atoms with Crippen molar-refractivity contribution in [1.29, 1.82) is 0 Å². The summed E-state index contributed by atoms with van der Waals surface area (Å²) in [6.07, 6.45) is 1.71. The molecule has 1 fully saturated rings. The Morgan fingerprint density at radius 3 is 2.54 bits per heavy atom. The predicted molar refractivity (Wildman–Crippen MR) is 132 cm³/mol. The second-order valence-corrected chi connectivity index (χ2v) is 10.7. The number of amides is 2. The molecule has 0 aliphatic carbocycles. The third-order valence-corrected chi connectivity index (χ3v) is 7.78. The topological polar surface area (TPSA) is 108 Å². The molecule has 2 aromatic heterocycles. The quantitative estimate of drug-likeness (QED) is 0.417. The second-order valence-electron chi connectivity index (χ2n) is 8.38. The van der Waals surface area contributed by atoms with Gasteiger partial charge in [0.25, 0.3) is 0 Å². The van der Waals surface area contributed by atoms with Crippen molar-refractivity contribution in [2.75, 3.05) is 25.9 Å². The Labute approximate surface area is 203 Å². The summed E-state index contributed by atoms with van der Waals surface area (Å²) in [5.74, 6) is 1.70. The molecule has 1 N–H and O–H groups in total. The number of carbonyl (C=O) groups excluding carboxylic acids is 1. The number of sulfone groups is 1. The number of hydrogen-bond acceptors (Lipinski definition) is 6. The second kappa shape index (κ2) is 9.03. The van der Waals surface area contributed by atoms with Gasteiger partial charge in [-0.1, -0.05) is 13.0 Å². The van der Waals surface area contributed by atoms with E-state index in [1.165, 1.54) is 0 Å². The van der Waals surface area contributed by atoms with Gasteiger partial charge in [-0.05, 0) is 42.5 Å². The first-order valence-corrected chi connectivity index (χ1v) is 12.9. The lowest BCUT2D eigenvalue weighted by atomic mass is 10.1. The van der Waals surface area contributed by atoms with Crippen molar-refractivity contribution in [1.82, 2.24) is 24.8 Å². The molecule has 0 bridgehead atoms. The maximum atomic E-state index is 12.5. The number of H-pyrrole nitrogens is 1. The average Bonchev–Trinajstić information content (AvgIpc) is 3.43. The van der Waals surface area contributed by atoms with Crippen molar-refractivity contribution in [2.24, 2.45) is 0 Å². The zero-order valence-corrected chi connectivity index (χ0v) is 20.2. The Morgan fingerprint density at radius 1 is 1.09 bits per heavy atom. The molecule has 0 unspecified atom stereocenters. The number of aromatic amines is 1. The van der Waals surface area contributed by atoms with Gasteiger partial charge in [-0.15, -0.1) is 0 Å². The van der Waals surface area contributed by atoms with Gasteiger partial charge in [-0.3, -0.25) is 4.98 Å². The molecule has 180 valence electrons. The zero-order chi connectivity index (χ0) is 24.6. The third kappa shape index (κ3) is 4.57. The normalized spacial score (nSPS) is 14.2. The molecule has 0 saturated carbocycles. The number of hydrogen-bond donors (Lipinski definition) is 1. The molecule has 2 aromatic carbocycles. The van der Waals surface area contributed by atoms with Crippen LogP contribution in [0.2, 0.25) is 0 Å². The van der Waals surface area contributed by atoms with Crippen molar-refractivity contribution in [2.45, 2.75) is 18.4 Å². The van der Waals surface area contributed by atoms with Crippen LogP contribution in [0.4, 0.5) is 4.79 Å². The molecule has 2 amide bonds. The van der Waals surface area contributed by atoms with Crippen molar-refractivity contribution < 1.29 is 17.9 Å². The summed E-state index contributed by atoms with van der Waals surface area (Å²) in [6.45, 7) is 3.27. The molecule has 3 heterocycles. The number of pyridine rings is 1. The van der Waals surface area contributed by atoms with E-state index < -0.39 is 9.84 Å². The minimum atomic E-state index is -3.30. The van der Waals surface area contributed by atoms with E-state index >= 15 is 0 Å². The Morgan fingerprint density at radius 2 is 1.89 bits per heavy atom. The molecular formula is C25H25N5O4S. The molecule has 9 nitrogen and oxygen atoms in total. The number of rotatable bonds is 7. The maximum absolute atomic E-state index is 12.5. The minimum Gasteiger partial charge on any atom is -0.457 e. The van der Waals surface area contributed by atoms with Gasteiger partial charge in [0.05, 0.1) is 28.2 Å². The first kappa shape index (κ1) is 22.9. The molecule has 1 saturated heterocycles. The standard InChI is InChI=1S/C25H25N5O4S/c1-3-35(32,33)19-9-7-18(8-10-19)34-23-15-22-21(27-24(28-22)20-6-4-5-11-26-20)14-17(23)16-30-13-12-29(2)25(30)31/h4-11,14-15H,3,12-13,16H2,1-2H3,(H,27,28). The summed E-state index contributed by atoms with van der Waals surface area (Å²) >= 11 is 0. The highest BCUT2D eigenvalue weighted by molar-refractivity contribution is 7.91. The number of likely N-dealkylation sites (N-methyl/N-ethyl adjacent to an activating group) is 1. The fraction of sp³-hybridized carbons (Fsp3) is 0.240. The fourth-order valence-electron chi connectivity index (χ4n) is 3.99. The Balaban J connectivity index is 1.52. The molecule has 4 aromatic rings. The van der Waals surface area contributed by atoms with Crippen molar-refractivity contribution in [3.8, 4) is 23.0 Å². The lowest BCUT2D eigenvalue weighted by Crippen LogP contribution is -2.29. The smallest absolute Gasteiger partial charge is 0.320 e. The van der Waals surface area contributed by atoms with Gasteiger partial charge in [0.2, 0.25) is 0 Å². The first-order chi connectivity index (χ1) is 16.8. The van der Waals surface area contributed by atoms with Crippen LogP contribution in [0.5, 0.6) is 11.5 Å². The number of aromatic nitrogens is 3. The summed E-state index contributed by atoms with van der Waals surface area (Å²) in [4.78, 5) is 28.6. The fourth-order valence-corrected chi connectivity index (χ4v) is 4.87. The summed E-state index contributed by atoms with van der Waals surface area (Å²) in [6, 6.07) is 15.7. The van der Waals surface area contributed by atoms with Crippen molar-refractivity contribution in [3.05, 3.63) is 66.4 Å². The zero-order valence-electron chi connectivity index (χ0n) is 19.4. The highest BCUT2D eigenvalue weighted by atomic mass is 32.2. The van der Waals surface area contributed by atoms with Gasteiger partial charge < -0.3 is 19.5 Å². The number of carbonyl (C=O) groups is 1. The number of urea groups is 1. The summed E-state index contributed by atoms with van der Waals surface area (Å²) < 4.78 is 30.5. The molecule has 10 heteroatoms. The highest BCUT2D eigenvalue weighted by Gasteiger charge is 2.26. The number of imidazole rings is 1. The number of fused-ring (bicyclic) bond motifs is 1. The monoisotopic (exact) mass is 491 g/mol. The van der Waals surface area contributed by atoms with Crippen LogP contribution in [0.3, 0.4) is 0 Å². The van der Waals surface area contributed by atoms with E-state index in [4.69, 9.17) is 4.74 Å². The predicted octanol–water partition coefficient (Wildman–Crippen LogP) is 4.08. The first-order valence-electron chi connectivity index (χ1n) is 11.3. The van der Waals surface area contributed by atoms with E-state index in [0.717, 1.165) is 16.8 Å². The van der Waals surface area contributed by atoms with E-state index in [1.807, 2.05) is 30.3 Å². The number of ether oxygens (including phenoxy) is 1. The van der Waals surface area contributed by atoms with E-state index in [-0.39, 0.29) is 16.7 Å². The van der Waals surface area contributed by atoms with Crippen LogP contribution in [-0.2, 0) is 16.4 Å². The largest absolute Gasteiger partial charge is 0.457 e. The molecule has 5 rings (SSSR count). The van der Waals surface area contributed by atoms with Gasteiger partial charge in [-0.25, -0.2) is 18.2 Å². The number of nitrogens with zero attached hydrogens (tertiary/aromatic N) is 4. The van der Waals surface area contributed by atoms with Crippen LogP contribution < -0.4 is 4.74 Å². The number of nitrogens with one attached hydrogen (secondary N) is 1. The average molecular weight is 492 g/mol. The molecular weight excluding hydrogens is 466 g/mol. The minimum absolute atomic E-state index is 0.0318. The van der Waals surface area contributed by atoms with Gasteiger partial charge in [-0.2, -0.15) is 0 Å². The number of benzene rings is 2. The van der Waals surface area contributed by atoms with Gasteiger partial charge in [0.15, 0.2) is 15.7 Å². The van der Waals surface area contributed by atoms with Crippen LogP contribution in [-0.4, -0.2) is 65.1 Å². The van der Waals surface area contributed by atoms with Crippen LogP contribution >= 0.6 is 0 Å². The van der Waals surface area contributed by atoms with Gasteiger partial charge >= 0.3 is 6.03 Å². The van der Waals surface area contributed by atoms with Crippen LogP contribution in [0.15, 0.2) is 65.7 Å². The Kier molecular flexibility index (Phi) is 5.89. The van der Waals surface area contributed by atoms with Gasteiger partial charge in [0, 0.05) is 38.0 Å². The molecule has 1 aliphatic heterocycles. The van der Waals surface area contributed by atoms with E-state index in [2.05, 4.69) is 15.0 Å². The van der Waals surface area contributed by atoms with E-state index in [1.54, 1.807) is 54.2 Å². The van der Waals surface area contributed by atoms with Crippen LogP contribution in [0.25, 0.3) is 22.6 Å². The molecule has 0 radical (unpaired) electrons. The van der Waals surface area contributed by atoms with Crippen molar-refractivity contribution >= 4 is 26.9 Å². The summed E-state index contributed by atoms with van der Waals surface area (Å²) in [7, 11) is -1.52. The molecule has 0 atom stereocenters. The van der Waals surface area contributed by atoms with Crippen LogP contribution in [0, 0.1) is 0 Å². The van der Waals surface area contributed by atoms with Gasteiger partial charge in [0.1, 0.15) is 17.2 Å². The highest BCUT2D eigenvalue weighted by Crippen LogP contribution is 2.32. The van der Waals surface area contributed by atoms with Crippen molar-refractivity contribution in [3.63, 3.8) is 0 Å². The molecule has 35 heavy (non-hydrogen) atoms. The summed E-state index contributed by atoms with van der Waals surface area (Å²) in [5, 5.41) is 0. The summed E-state index contributed by atoms with van der Waals surface area (Å²) in [5.41, 5.74) is 3.02. The Hall–Kier alpha value is -3.92. The molecule has 0 spiro atoms. The lowest BCUT2D eigenvalue weighted by molar-refractivity contribution is 0.196. The van der Waals surface area contributed by atoms with E-state index in [9.17, 15) is 13.2 Å². The van der Waals surface area contributed by atoms with Crippen LogP contribution in [0.1, 0.15) is 12.5 Å². The molecule has 1 aliphatic rings. The Bertz CT molecular complexity index is 1480. The maximum Gasteiger partial charge on any atom is 0.320 e. The van der Waals surface area contributed by atoms with E-state index in [0.29, 0.717) is 42.5 Å².